The fourth-order valence-electron chi connectivity index (χ4n) is 0.682. The van der Waals surface area contributed by atoms with Crippen LogP contribution in [-0.4, -0.2) is 24.8 Å². The van der Waals surface area contributed by atoms with Crippen molar-refractivity contribution in [3.8, 4) is 0 Å². The van der Waals surface area contributed by atoms with Gasteiger partial charge in [0, 0.05) is 11.1 Å². The summed E-state index contributed by atoms with van der Waals surface area (Å²) in [5.74, 6) is -1.39. The lowest BCUT2D eigenvalue weighted by Crippen LogP contribution is -2.40. The average Bonchev–Trinajstić information content (AvgIpc) is 2.48. The molecule has 1 N–H and O–H groups in total. The Morgan fingerprint density at radius 1 is 1.50 bits per heavy atom. The molecule has 0 aliphatic rings. The molecule has 1 rings (SSSR count). The Morgan fingerprint density at radius 3 is 2.44 bits per heavy atom. The number of nitrogens with one attached hydrogen (secondary N) is 1. The minimum atomic E-state index is -5.67. The van der Waals surface area contributed by atoms with Crippen molar-refractivity contribution in [1.29, 1.82) is 0 Å². The van der Waals surface area contributed by atoms with Crippen molar-refractivity contribution in [1.82, 2.24) is 9.71 Å². The molecule has 0 bridgehead atoms. The van der Waals surface area contributed by atoms with Gasteiger partial charge in [-0.25, -0.2) is 9.71 Å². The van der Waals surface area contributed by atoms with Crippen LogP contribution in [0.1, 0.15) is 15.5 Å². The molecule has 0 saturated heterocycles. The Hall–Kier alpha value is -1.16. The van der Waals surface area contributed by atoms with Crippen LogP contribution >= 0.6 is 11.3 Å². The molecule has 0 atom stereocenters. The fourth-order valence-corrected chi connectivity index (χ4v) is 1.89. The Morgan fingerprint density at radius 2 is 2.06 bits per heavy atom. The summed E-state index contributed by atoms with van der Waals surface area (Å²) in [6.07, 6.45) is 0. The van der Waals surface area contributed by atoms with Gasteiger partial charge in [-0.15, -0.1) is 11.3 Å². The lowest BCUT2D eigenvalue weighted by molar-refractivity contribution is -0.0446. The number of hydrogen-bond donors (Lipinski definition) is 1. The van der Waals surface area contributed by atoms with Gasteiger partial charge in [0.2, 0.25) is 0 Å². The summed E-state index contributed by atoms with van der Waals surface area (Å²) in [6.45, 7) is 1.52. The summed E-state index contributed by atoms with van der Waals surface area (Å²) in [4.78, 5) is 14.6. The number of hydrogen-bond acceptors (Lipinski definition) is 5. The number of sulfonamides is 1. The quantitative estimate of drug-likeness (QED) is 0.874. The van der Waals surface area contributed by atoms with Gasteiger partial charge in [0.25, 0.3) is 5.91 Å². The predicted octanol–water partition coefficient (Wildman–Crippen LogP) is 1.03. The monoisotopic (exact) mass is 274 g/mol. The number of aryl methyl sites for hydroxylation is 1. The van der Waals surface area contributed by atoms with Crippen LogP contribution in [0.2, 0.25) is 0 Å². The summed E-state index contributed by atoms with van der Waals surface area (Å²) in [6, 6.07) is 0. The zero-order valence-electron chi connectivity index (χ0n) is 7.70. The van der Waals surface area contributed by atoms with Gasteiger partial charge in [-0.2, -0.15) is 21.6 Å². The van der Waals surface area contributed by atoms with E-state index in [2.05, 4.69) is 4.98 Å². The van der Waals surface area contributed by atoms with E-state index in [1.54, 1.807) is 0 Å². The average molecular weight is 274 g/mol. The zero-order valence-corrected chi connectivity index (χ0v) is 9.33. The number of rotatable bonds is 2. The van der Waals surface area contributed by atoms with Crippen LogP contribution in [-0.2, 0) is 10.0 Å². The highest BCUT2D eigenvalue weighted by atomic mass is 32.2. The standard InChI is InChI=1S/C6H5F3N2O3S2/c1-3-2-15-5(10-3)4(12)11-16(13,14)6(7,8)9/h2H,1H3,(H,11,12). The largest absolute Gasteiger partial charge is 0.516 e. The summed E-state index contributed by atoms with van der Waals surface area (Å²) >= 11 is 0.754. The molecule has 10 heteroatoms. The molecular formula is C6H5F3N2O3S2. The maximum absolute atomic E-state index is 11.9. The first-order valence-corrected chi connectivity index (χ1v) is 6.05. The lowest BCUT2D eigenvalue weighted by atomic mass is 10.6. The van der Waals surface area contributed by atoms with Crippen LogP contribution in [0.25, 0.3) is 0 Å². The van der Waals surface area contributed by atoms with E-state index in [0.29, 0.717) is 5.69 Å². The first-order chi connectivity index (χ1) is 7.13. The first-order valence-electron chi connectivity index (χ1n) is 3.69. The van der Waals surface area contributed by atoms with Gasteiger partial charge in [0.15, 0.2) is 5.01 Å². The zero-order chi connectivity index (χ0) is 12.6. The van der Waals surface area contributed by atoms with Crippen LogP contribution in [0.3, 0.4) is 0 Å². The normalized spacial score (nSPS) is 12.5. The predicted molar refractivity (Wildman–Crippen MR) is 49.3 cm³/mol. The Kier molecular flexibility index (Phi) is 3.24. The smallest absolute Gasteiger partial charge is 0.265 e. The third-order valence-corrected chi connectivity index (χ3v) is 3.37. The molecule has 5 nitrogen and oxygen atoms in total. The summed E-state index contributed by atoms with van der Waals surface area (Å²) in [5, 5.41) is 1.07. The van der Waals surface area contributed by atoms with Crippen LogP contribution in [0.15, 0.2) is 5.38 Å². The van der Waals surface area contributed by atoms with Gasteiger partial charge in [0.1, 0.15) is 0 Å². The van der Waals surface area contributed by atoms with Gasteiger partial charge in [-0.3, -0.25) is 4.79 Å². The second kappa shape index (κ2) is 4.01. The molecule has 0 saturated carbocycles. The topological polar surface area (TPSA) is 76.1 Å². The maximum atomic E-state index is 11.9. The highest BCUT2D eigenvalue weighted by Crippen LogP contribution is 2.22. The van der Waals surface area contributed by atoms with Crippen molar-refractivity contribution in [3.63, 3.8) is 0 Å². The molecular weight excluding hydrogens is 269 g/mol. The number of halogens is 3. The SMILES string of the molecule is Cc1csc(C(=O)NS(=O)(=O)C(F)(F)F)n1. The lowest BCUT2D eigenvalue weighted by Gasteiger charge is -2.07. The molecule has 1 aromatic rings. The van der Waals surface area contributed by atoms with E-state index < -0.39 is 21.4 Å². The summed E-state index contributed by atoms with van der Waals surface area (Å²) < 4.78 is 57.7. The van der Waals surface area contributed by atoms with Crippen molar-refractivity contribution < 1.29 is 26.4 Å². The second-order valence-corrected chi connectivity index (χ2v) is 5.21. The summed E-state index contributed by atoms with van der Waals surface area (Å²) in [7, 11) is -5.67. The van der Waals surface area contributed by atoms with Crippen LogP contribution < -0.4 is 4.72 Å². The molecule has 0 unspecified atom stereocenters. The van der Waals surface area contributed by atoms with Gasteiger partial charge in [0.05, 0.1) is 0 Å². The minimum Gasteiger partial charge on any atom is -0.265 e. The van der Waals surface area contributed by atoms with Gasteiger partial charge in [-0.1, -0.05) is 0 Å². The number of carbonyl (C=O) groups excluding carboxylic acids is 1. The van der Waals surface area contributed by atoms with Crippen molar-refractivity contribution in [2.24, 2.45) is 0 Å². The fraction of sp³-hybridized carbons (Fsp3) is 0.333. The Balaban J connectivity index is 2.88. The van der Waals surface area contributed by atoms with Crippen molar-refractivity contribution >= 4 is 27.3 Å². The minimum absolute atomic E-state index is 0.342. The second-order valence-electron chi connectivity index (χ2n) is 2.67. The van der Waals surface area contributed by atoms with Crippen molar-refractivity contribution in [2.45, 2.75) is 12.4 Å². The number of aromatic nitrogens is 1. The highest BCUT2D eigenvalue weighted by Gasteiger charge is 2.47. The molecule has 0 aromatic carbocycles. The molecule has 0 fully saturated rings. The molecule has 0 radical (unpaired) electrons. The molecule has 0 aliphatic heterocycles. The number of alkyl halides is 3. The van der Waals surface area contributed by atoms with E-state index in [4.69, 9.17) is 0 Å². The Labute approximate surface area is 92.4 Å². The molecule has 16 heavy (non-hydrogen) atoms. The van der Waals surface area contributed by atoms with Gasteiger partial charge < -0.3 is 0 Å². The first kappa shape index (κ1) is 12.9. The number of carbonyl (C=O) groups is 1. The van der Waals surface area contributed by atoms with E-state index in [1.165, 1.54) is 12.3 Å². The maximum Gasteiger partial charge on any atom is 0.516 e. The third kappa shape index (κ3) is 2.70. The van der Waals surface area contributed by atoms with E-state index in [-0.39, 0.29) is 5.01 Å². The highest BCUT2D eigenvalue weighted by molar-refractivity contribution is 7.90. The van der Waals surface area contributed by atoms with Crippen molar-refractivity contribution in [3.05, 3.63) is 16.1 Å². The molecule has 0 spiro atoms. The van der Waals surface area contributed by atoms with Crippen molar-refractivity contribution in [2.75, 3.05) is 0 Å². The van der Waals surface area contributed by atoms with E-state index in [0.717, 1.165) is 16.1 Å². The van der Waals surface area contributed by atoms with Crippen LogP contribution in [0, 0.1) is 6.92 Å². The summed E-state index contributed by atoms with van der Waals surface area (Å²) in [5.41, 5.74) is -5.10. The molecule has 1 heterocycles. The number of amides is 1. The molecule has 90 valence electrons. The van der Waals surface area contributed by atoms with E-state index in [9.17, 15) is 26.4 Å². The third-order valence-electron chi connectivity index (χ3n) is 1.35. The van der Waals surface area contributed by atoms with Gasteiger partial charge in [-0.05, 0) is 6.92 Å². The number of nitrogens with zero attached hydrogens (tertiary/aromatic N) is 1. The van der Waals surface area contributed by atoms with E-state index in [1.807, 2.05) is 0 Å². The molecule has 1 aromatic heterocycles. The molecule has 0 aliphatic carbocycles. The number of thiazole rings is 1. The Bertz CT molecular complexity index is 505. The van der Waals surface area contributed by atoms with Crippen LogP contribution in [0.4, 0.5) is 13.2 Å². The molecule has 1 amide bonds. The van der Waals surface area contributed by atoms with E-state index >= 15 is 0 Å². The van der Waals surface area contributed by atoms with Gasteiger partial charge >= 0.3 is 15.5 Å². The van der Waals surface area contributed by atoms with Crippen LogP contribution in [0.5, 0.6) is 0 Å².